The number of amides is 1. The summed E-state index contributed by atoms with van der Waals surface area (Å²) in [6, 6.07) is 1.88. The molecule has 0 radical (unpaired) electrons. The van der Waals surface area contributed by atoms with Crippen molar-refractivity contribution in [3.8, 4) is 0 Å². The van der Waals surface area contributed by atoms with E-state index < -0.39 is 6.10 Å². The third-order valence-corrected chi connectivity index (χ3v) is 7.83. The highest BCUT2D eigenvalue weighted by atomic mass is 16.3. The van der Waals surface area contributed by atoms with Crippen LogP contribution in [0.25, 0.3) is 0 Å². The lowest BCUT2D eigenvalue weighted by molar-refractivity contribution is -0.131. The number of likely N-dealkylation sites (tertiary alicyclic amines) is 1. The molecule has 2 aliphatic heterocycles. The molecule has 1 amide bonds. The van der Waals surface area contributed by atoms with Crippen molar-refractivity contribution in [2.24, 2.45) is 0 Å². The fraction of sp³-hybridized carbons (Fsp3) is 0.667. The summed E-state index contributed by atoms with van der Waals surface area (Å²) < 4.78 is 0. The van der Waals surface area contributed by atoms with Crippen LogP contribution in [0.1, 0.15) is 74.2 Å². The molecule has 0 bridgehead atoms. The van der Waals surface area contributed by atoms with Gasteiger partial charge in [-0.2, -0.15) is 10.1 Å². The lowest BCUT2D eigenvalue weighted by Gasteiger charge is -2.28. The number of aromatic amines is 1. The van der Waals surface area contributed by atoms with Crippen LogP contribution in [-0.4, -0.2) is 67.9 Å². The molecule has 6 rings (SSSR count). The van der Waals surface area contributed by atoms with Gasteiger partial charge in [0.1, 0.15) is 11.9 Å². The maximum Gasteiger partial charge on any atom is 0.245 e. The number of nitrogens with zero attached hydrogens (tertiary/aromatic N) is 5. The maximum absolute atomic E-state index is 13.2. The minimum Gasteiger partial charge on any atom is -0.391 e. The van der Waals surface area contributed by atoms with E-state index in [1.807, 2.05) is 0 Å². The SMILES string of the molecule is O=C(C1CCCN1c1nc2c(c(Nc3cc(C4CCCC4)[nH]n3)n1)CCC2)N1CC[C@@H](O)C1. The monoisotopic (exact) mass is 451 g/mol. The predicted octanol–water partition coefficient (Wildman–Crippen LogP) is 2.65. The molecule has 2 atom stereocenters. The molecule has 176 valence electrons. The summed E-state index contributed by atoms with van der Waals surface area (Å²) in [6.45, 7) is 1.84. The van der Waals surface area contributed by atoms with Crippen molar-refractivity contribution in [2.75, 3.05) is 29.9 Å². The number of β-amino-alcohol motifs (C(OH)–C–C–N with tert-alkyl or cyclic N) is 1. The van der Waals surface area contributed by atoms with E-state index >= 15 is 0 Å². The van der Waals surface area contributed by atoms with Crippen LogP contribution < -0.4 is 10.2 Å². The van der Waals surface area contributed by atoms with Crippen LogP contribution in [0.2, 0.25) is 0 Å². The highest BCUT2D eigenvalue weighted by Gasteiger charge is 2.38. The van der Waals surface area contributed by atoms with Crippen LogP contribution in [0.3, 0.4) is 0 Å². The molecule has 1 unspecified atom stereocenters. The second-order valence-corrected chi connectivity index (χ2v) is 10.0. The van der Waals surface area contributed by atoms with Gasteiger partial charge in [0.05, 0.1) is 11.8 Å². The number of aryl methyl sites for hydroxylation is 1. The van der Waals surface area contributed by atoms with Gasteiger partial charge in [0.25, 0.3) is 0 Å². The molecule has 9 nitrogen and oxygen atoms in total. The third-order valence-electron chi connectivity index (χ3n) is 7.83. The fourth-order valence-corrected chi connectivity index (χ4v) is 6.03. The molecular weight excluding hydrogens is 418 g/mol. The number of anilines is 3. The molecule has 4 aliphatic rings. The molecule has 33 heavy (non-hydrogen) atoms. The average Bonchev–Trinajstić information content (AvgIpc) is 3.63. The van der Waals surface area contributed by atoms with Crippen LogP contribution in [-0.2, 0) is 17.6 Å². The van der Waals surface area contributed by atoms with Gasteiger partial charge < -0.3 is 20.2 Å². The number of fused-ring (bicyclic) bond motifs is 1. The van der Waals surface area contributed by atoms with Crippen LogP contribution >= 0.6 is 0 Å². The Morgan fingerprint density at radius 2 is 1.94 bits per heavy atom. The number of aromatic nitrogens is 4. The Labute approximate surface area is 194 Å². The number of aliphatic hydroxyl groups excluding tert-OH is 1. The predicted molar refractivity (Wildman–Crippen MR) is 125 cm³/mol. The molecule has 2 aliphatic carbocycles. The standard InChI is InChI=1S/C24H33N7O2/c32-16-10-12-30(14-16)23(33)20-9-4-11-31(20)24-25-18-8-3-7-17(18)22(27-24)26-21-13-19(28-29-21)15-5-1-2-6-15/h13,15-16,20,32H,1-12,14H2,(H2,25,26,27,28,29)/t16-,20?/m1/s1. The van der Waals surface area contributed by atoms with Crippen molar-refractivity contribution in [1.29, 1.82) is 0 Å². The Hall–Kier alpha value is -2.68. The number of aliphatic hydroxyl groups is 1. The van der Waals surface area contributed by atoms with E-state index in [4.69, 9.17) is 9.97 Å². The summed E-state index contributed by atoms with van der Waals surface area (Å²) in [6.07, 6.45) is 10.0. The van der Waals surface area contributed by atoms with E-state index in [1.165, 1.54) is 36.9 Å². The quantitative estimate of drug-likeness (QED) is 0.641. The van der Waals surface area contributed by atoms with Gasteiger partial charge in [-0.05, 0) is 51.4 Å². The minimum atomic E-state index is -0.404. The largest absolute Gasteiger partial charge is 0.391 e. The van der Waals surface area contributed by atoms with Gasteiger partial charge in [0.15, 0.2) is 5.82 Å². The van der Waals surface area contributed by atoms with Crippen LogP contribution in [0.5, 0.6) is 0 Å². The number of carbonyl (C=O) groups excluding carboxylic acids is 1. The van der Waals surface area contributed by atoms with Crippen molar-refractivity contribution >= 4 is 23.5 Å². The first-order chi connectivity index (χ1) is 16.2. The van der Waals surface area contributed by atoms with Gasteiger partial charge in [0.2, 0.25) is 11.9 Å². The van der Waals surface area contributed by atoms with Crippen molar-refractivity contribution in [2.45, 2.75) is 82.3 Å². The second kappa shape index (κ2) is 8.59. The number of rotatable bonds is 5. The topological polar surface area (TPSA) is 110 Å². The van der Waals surface area contributed by atoms with Crippen LogP contribution in [0.4, 0.5) is 17.6 Å². The number of H-pyrrole nitrogens is 1. The summed E-state index contributed by atoms with van der Waals surface area (Å²) >= 11 is 0. The van der Waals surface area contributed by atoms with E-state index in [2.05, 4.69) is 26.5 Å². The Balaban J connectivity index is 1.26. The molecule has 2 aromatic rings. The van der Waals surface area contributed by atoms with Gasteiger partial charge in [-0.25, -0.2) is 4.98 Å². The summed E-state index contributed by atoms with van der Waals surface area (Å²) in [4.78, 5) is 26.9. The number of hydrogen-bond acceptors (Lipinski definition) is 7. The lowest BCUT2D eigenvalue weighted by Crippen LogP contribution is -2.45. The molecule has 4 heterocycles. The first kappa shape index (κ1) is 20.9. The molecule has 2 aromatic heterocycles. The maximum atomic E-state index is 13.2. The Kier molecular flexibility index (Phi) is 5.44. The molecule has 2 saturated heterocycles. The molecule has 3 fully saturated rings. The lowest BCUT2D eigenvalue weighted by atomic mass is 10.0. The number of hydrogen-bond donors (Lipinski definition) is 3. The zero-order chi connectivity index (χ0) is 22.4. The Morgan fingerprint density at radius 1 is 1.06 bits per heavy atom. The van der Waals surface area contributed by atoms with Gasteiger partial charge in [-0.3, -0.25) is 9.89 Å². The van der Waals surface area contributed by atoms with E-state index in [-0.39, 0.29) is 11.9 Å². The molecule has 9 heteroatoms. The van der Waals surface area contributed by atoms with Crippen molar-refractivity contribution in [1.82, 2.24) is 25.1 Å². The van der Waals surface area contributed by atoms with Gasteiger partial charge >= 0.3 is 0 Å². The van der Waals surface area contributed by atoms with Crippen LogP contribution in [0, 0.1) is 0 Å². The third kappa shape index (κ3) is 3.96. The van der Waals surface area contributed by atoms with Gasteiger partial charge in [-0.1, -0.05) is 12.8 Å². The Morgan fingerprint density at radius 3 is 2.76 bits per heavy atom. The first-order valence-electron chi connectivity index (χ1n) is 12.6. The van der Waals surface area contributed by atoms with E-state index in [1.54, 1.807) is 4.90 Å². The van der Waals surface area contributed by atoms with E-state index in [0.29, 0.717) is 31.4 Å². The zero-order valence-corrected chi connectivity index (χ0v) is 19.1. The van der Waals surface area contributed by atoms with Crippen molar-refractivity contribution in [3.63, 3.8) is 0 Å². The molecule has 1 saturated carbocycles. The summed E-state index contributed by atoms with van der Waals surface area (Å²) in [5.41, 5.74) is 3.47. The first-order valence-corrected chi connectivity index (χ1v) is 12.6. The smallest absolute Gasteiger partial charge is 0.245 e. The van der Waals surface area contributed by atoms with Crippen molar-refractivity contribution in [3.05, 3.63) is 23.0 Å². The fourth-order valence-electron chi connectivity index (χ4n) is 6.03. The van der Waals surface area contributed by atoms with Crippen molar-refractivity contribution < 1.29 is 9.90 Å². The Bertz CT molecular complexity index is 1030. The van der Waals surface area contributed by atoms with E-state index in [9.17, 15) is 9.90 Å². The number of carbonyl (C=O) groups is 1. The summed E-state index contributed by atoms with van der Waals surface area (Å²) in [7, 11) is 0. The molecule has 0 spiro atoms. The second-order valence-electron chi connectivity index (χ2n) is 10.0. The average molecular weight is 452 g/mol. The van der Waals surface area contributed by atoms with Gasteiger partial charge in [-0.15, -0.1) is 0 Å². The molecule has 0 aromatic carbocycles. The summed E-state index contributed by atoms with van der Waals surface area (Å²) in [5.74, 6) is 2.94. The normalized spacial score (nSPS) is 25.2. The molecule has 3 N–H and O–H groups in total. The minimum absolute atomic E-state index is 0.0937. The summed E-state index contributed by atoms with van der Waals surface area (Å²) in [5, 5.41) is 21.1. The van der Waals surface area contributed by atoms with Crippen LogP contribution in [0.15, 0.2) is 6.07 Å². The number of nitrogens with one attached hydrogen (secondary N) is 2. The van der Waals surface area contributed by atoms with E-state index in [0.717, 1.165) is 56.0 Å². The van der Waals surface area contributed by atoms with Gasteiger partial charge in [0, 0.05) is 42.9 Å². The molecular formula is C24H33N7O2. The highest BCUT2D eigenvalue weighted by molar-refractivity contribution is 5.85. The highest BCUT2D eigenvalue weighted by Crippen LogP contribution is 2.36. The zero-order valence-electron chi connectivity index (χ0n) is 19.1.